The predicted molar refractivity (Wildman–Crippen MR) is 59.2 cm³/mol. The summed E-state index contributed by atoms with van der Waals surface area (Å²) in [6.45, 7) is 0. The van der Waals surface area contributed by atoms with Crippen LogP contribution < -0.4 is 0 Å². The van der Waals surface area contributed by atoms with E-state index in [0.717, 1.165) is 24.5 Å². The molecule has 0 amide bonds. The Hall–Kier alpha value is 0.0200. The van der Waals surface area contributed by atoms with Crippen LogP contribution in [0.15, 0.2) is 0 Å². The number of ketones is 1. The number of Topliss-reactive ketones (excluding diaryl/α,β-unsaturated/α-hetero) is 1. The minimum Gasteiger partial charge on any atom is -0.300 e. The maximum Gasteiger partial charge on any atom is 0.134 e. The molecule has 1 saturated carbocycles. The maximum absolute atomic E-state index is 11.5. The summed E-state index contributed by atoms with van der Waals surface area (Å²) in [5.41, 5.74) is 0. The summed E-state index contributed by atoms with van der Waals surface area (Å²) < 4.78 is 0. The van der Waals surface area contributed by atoms with Crippen LogP contribution in [0.25, 0.3) is 0 Å². The highest BCUT2D eigenvalue weighted by atomic mass is 32.2. The summed E-state index contributed by atoms with van der Waals surface area (Å²) >= 11 is 1.77. The summed E-state index contributed by atoms with van der Waals surface area (Å²) in [5, 5.41) is 0. The molecule has 0 spiro atoms. The molecule has 0 aliphatic heterocycles. The molecule has 76 valence electrons. The fourth-order valence-electron chi connectivity index (χ4n) is 2.03. The monoisotopic (exact) mass is 200 g/mol. The second kappa shape index (κ2) is 6.47. The quantitative estimate of drug-likeness (QED) is 0.677. The number of hydrogen-bond donors (Lipinski definition) is 0. The van der Waals surface area contributed by atoms with Gasteiger partial charge in [-0.2, -0.15) is 11.8 Å². The summed E-state index contributed by atoms with van der Waals surface area (Å²) in [6.07, 6.45) is 10.4. The molecule has 0 saturated heterocycles. The molecule has 0 unspecified atom stereocenters. The lowest BCUT2D eigenvalue weighted by atomic mass is 9.85. The molecule has 0 atom stereocenters. The van der Waals surface area contributed by atoms with E-state index in [1.807, 2.05) is 0 Å². The Morgan fingerprint density at radius 3 is 2.62 bits per heavy atom. The van der Waals surface area contributed by atoms with Crippen LogP contribution in [0, 0.1) is 5.92 Å². The van der Waals surface area contributed by atoms with Crippen LogP contribution in [0.3, 0.4) is 0 Å². The Labute approximate surface area is 85.7 Å². The minimum absolute atomic E-state index is 0.487. The van der Waals surface area contributed by atoms with E-state index < -0.39 is 0 Å². The summed E-state index contributed by atoms with van der Waals surface area (Å²) in [5.74, 6) is 2.22. The van der Waals surface area contributed by atoms with E-state index in [-0.39, 0.29) is 0 Å². The highest BCUT2D eigenvalue weighted by molar-refractivity contribution is 7.98. The van der Waals surface area contributed by atoms with Crippen molar-refractivity contribution in [2.45, 2.75) is 44.9 Å². The first-order valence-electron chi connectivity index (χ1n) is 5.33. The van der Waals surface area contributed by atoms with Crippen LogP contribution >= 0.6 is 11.8 Å². The minimum atomic E-state index is 0.487. The molecule has 0 aromatic heterocycles. The summed E-state index contributed by atoms with van der Waals surface area (Å²) in [6, 6.07) is 0. The first-order valence-corrected chi connectivity index (χ1v) is 6.73. The van der Waals surface area contributed by atoms with E-state index in [0.29, 0.717) is 5.78 Å². The van der Waals surface area contributed by atoms with Crippen LogP contribution in [0.5, 0.6) is 0 Å². The van der Waals surface area contributed by atoms with Crippen LogP contribution in [0.1, 0.15) is 44.9 Å². The van der Waals surface area contributed by atoms with Gasteiger partial charge in [0, 0.05) is 12.8 Å². The molecule has 0 radical (unpaired) electrons. The second-order valence-corrected chi connectivity index (χ2v) is 4.98. The Bertz CT molecular complexity index is 150. The number of carbonyl (C=O) groups excluding carboxylic acids is 1. The molecule has 13 heavy (non-hydrogen) atoms. The van der Waals surface area contributed by atoms with Gasteiger partial charge in [0.2, 0.25) is 0 Å². The van der Waals surface area contributed by atoms with Crippen LogP contribution in [-0.2, 0) is 4.79 Å². The van der Waals surface area contributed by atoms with Crippen molar-refractivity contribution in [2.75, 3.05) is 12.0 Å². The largest absolute Gasteiger partial charge is 0.300 e. The average molecular weight is 200 g/mol. The fraction of sp³-hybridized carbons (Fsp3) is 0.909. The summed E-state index contributed by atoms with van der Waals surface area (Å²) in [7, 11) is 0. The molecule has 2 heteroatoms. The van der Waals surface area contributed by atoms with E-state index >= 15 is 0 Å². The van der Waals surface area contributed by atoms with Crippen molar-refractivity contribution in [2.24, 2.45) is 5.92 Å². The van der Waals surface area contributed by atoms with Crippen LogP contribution in [0.2, 0.25) is 0 Å². The van der Waals surface area contributed by atoms with Crippen molar-refractivity contribution in [3.63, 3.8) is 0 Å². The lowest BCUT2D eigenvalue weighted by Gasteiger charge is -2.20. The third-order valence-electron chi connectivity index (χ3n) is 2.83. The van der Waals surface area contributed by atoms with Crippen molar-refractivity contribution < 1.29 is 4.79 Å². The molecule has 1 aliphatic carbocycles. The van der Waals surface area contributed by atoms with Gasteiger partial charge in [-0.3, -0.25) is 4.79 Å². The SMILES string of the molecule is CSCCC(=O)CC1CCCCC1. The van der Waals surface area contributed by atoms with Gasteiger partial charge in [-0.15, -0.1) is 0 Å². The molecule has 1 nitrogen and oxygen atoms in total. The van der Waals surface area contributed by atoms with Gasteiger partial charge in [0.25, 0.3) is 0 Å². The molecule has 0 heterocycles. The Balaban J connectivity index is 2.11. The third-order valence-corrected chi connectivity index (χ3v) is 3.44. The molecule has 1 aliphatic rings. The van der Waals surface area contributed by atoms with Crippen molar-refractivity contribution in [3.05, 3.63) is 0 Å². The predicted octanol–water partition coefficient (Wildman–Crippen LogP) is 3.28. The van der Waals surface area contributed by atoms with E-state index in [4.69, 9.17) is 0 Å². The van der Waals surface area contributed by atoms with Gasteiger partial charge in [-0.1, -0.05) is 32.1 Å². The molecule has 0 N–H and O–H groups in total. The summed E-state index contributed by atoms with van der Waals surface area (Å²) in [4.78, 5) is 11.5. The first kappa shape index (κ1) is 11.1. The molecule has 0 aromatic carbocycles. The zero-order valence-corrected chi connectivity index (χ0v) is 9.37. The van der Waals surface area contributed by atoms with Gasteiger partial charge < -0.3 is 0 Å². The maximum atomic E-state index is 11.5. The first-order chi connectivity index (χ1) is 6.33. The molecular formula is C11H20OS. The topological polar surface area (TPSA) is 17.1 Å². The molecule has 0 bridgehead atoms. The zero-order chi connectivity index (χ0) is 9.52. The van der Waals surface area contributed by atoms with Crippen molar-refractivity contribution in [3.8, 4) is 0 Å². The van der Waals surface area contributed by atoms with Gasteiger partial charge >= 0.3 is 0 Å². The van der Waals surface area contributed by atoms with E-state index in [9.17, 15) is 4.79 Å². The number of hydrogen-bond acceptors (Lipinski definition) is 2. The van der Waals surface area contributed by atoms with E-state index in [1.54, 1.807) is 11.8 Å². The number of rotatable bonds is 5. The Morgan fingerprint density at radius 1 is 1.31 bits per heavy atom. The number of carbonyl (C=O) groups is 1. The van der Waals surface area contributed by atoms with Gasteiger partial charge in [0.05, 0.1) is 0 Å². The second-order valence-electron chi connectivity index (χ2n) is 3.99. The van der Waals surface area contributed by atoms with Crippen molar-refractivity contribution in [1.82, 2.24) is 0 Å². The van der Waals surface area contributed by atoms with Gasteiger partial charge in [0.1, 0.15) is 5.78 Å². The smallest absolute Gasteiger partial charge is 0.134 e. The number of thioether (sulfide) groups is 1. The molecule has 0 aromatic rings. The van der Waals surface area contributed by atoms with E-state index in [2.05, 4.69) is 6.26 Å². The molecular weight excluding hydrogens is 180 g/mol. The molecule has 1 rings (SSSR count). The Kier molecular flexibility index (Phi) is 5.52. The van der Waals surface area contributed by atoms with Gasteiger partial charge in [-0.05, 0) is 17.9 Å². The Morgan fingerprint density at radius 2 is 2.00 bits per heavy atom. The lowest BCUT2D eigenvalue weighted by Crippen LogP contribution is -2.12. The van der Waals surface area contributed by atoms with Gasteiger partial charge in [0.15, 0.2) is 0 Å². The van der Waals surface area contributed by atoms with Crippen LogP contribution in [-0.4, -0.2) is 17.8 Å². The van der Waals surface area contributed by atoms with Crippen LogP contribution in [0.4, 0.5) is 0 Å². The van der Waals surface area contributed by atoms with Crippen molar-refractivity contribution in [1.29, 1.82) is 0 Å². The fourth-order valence-corrected chi connectivity index (χ4v) is 2.46. The third kappa shape index (κ3) is 4.70. The zero-order valence-electron chi connectivity index (χ0n) is 8.55. The highest BCUT2D eigenvalue weighted by Crippen LogP contribution is 2.26. The van der Waals surface area contributed by atoms with E-state index in [1.165, 1.54) is 32.1 Å². The average Bonchev–Trinajstić information content (AvgIpc) is 2.16. The van der Waals surface area contributed by atoms with Crippen molar-refractivity contribution >= 4 is 17.5 Å². The molecule has 1 fully saturated rings. The van der Waals surface area contributed by atoms with Gasteiger partial charge in [-0.25, -0.2) is 0 Å². The highest BCUT2D eigenvalue weighted by Gasteiger charge is 2.16. The standard InChI is InChI=1S/C11H20OS/c1-13-8-7-11(12)9-10-5-3-2-4-6-10/h10H,2-9H2,1H3. The normalized spacial score (nSPS) is 18.8. The lowest BCUT2D eigenvalue weighted by molar-refractivity contribution is -0.119.